The number of anilines is 3. The summed E-state index contributed by atoms with van der Waals surface area (Å²) >= 11 is 6.27. The molecule has 4 aromatic carbocycles. The number of benzene rings is 4. The van der Waals surface area contributed by atoms with Crippen molar-refractivity contribution in [3.63, 3.8) is 0 Å². The first-order valence-corrected chi connectivity index (χ1v) is 38.4. The van der Waals surface area contributed by atoms with Crippen molar-refractivity contribution < 1.29 is 31.3 Å². The number of nitrogens with one attached hydrogen (secondary N) is 2. The molecule has 8 heterocycles. The number of rotatable bonds is 13. The van der Waals surface area contributed by atoms with E-state index in [0.717, 1.165) is 37.3 Å². The van der Waals surface area contributed by atoms with E-state index < -0.39 is 43.9 Å². The molecule has 87 heavy (non-hydrogen) atoms. The number of hydrogen-bond donors (Lipinski definition) is 3. The van der Waals surface area contributed by atoms with Crippen molar-refractivity contribution in [2.45, 2.75) is 47.6 Å². The quantitative estimate of drug-likeness (QED) is 0.0549. The molecule has 2 saturated heterocycles. The van der Waals surface area contributed by atoms with Gasteiger partial charge in [0.2, 0.25) is 11.9 Å². The van der Waals surface area contributed by atoms with E-state index in [-0.39, 0.29) is 45.1 Å². The molecular weight excluding hydrogens is 1430 g/mol. The SMILES string of the molecule is Nc1ccc(C(=O)N2CCC[C@@H](Nc3ncc(Br)c(-c4cn(S(=O)(=O)c5ccccc5)c5ccccc45)n3)C2)nc1.O=C(c1ccc([N+](=O)[O-])cn1)N1CCC[C@@H](Nc2ncc(Br)c(-c3cn(S(=O)(=O)c4ccccc4)c4ccccc34)n2)C1.[Cl][Sn][Cl]. The third-order valence-electron chi connectivity index (χ3n) is 14.2. The summed E-state index contributed by atoms with van der Waals surface area (Å²) in [4.78, 5) is 66.8. The Kier molecular flexibility index (Phi) is 19.8. The number of pyridine rings is 2. The minimum absolute atomic E-state index is 0.0738. The first kappa shape index (κ1) is 62.5. The number of fused-ring (bicyclic) bond motifs is 2. The van der Waals surface area contributed by atoms with Crippen LogP contribution in [0, 0.1) is 10.1 Å². The van der Waals surface area contributed by atoms with E-state index in [1.165, 1.54) is 26.3 Å². The fourth-order valence-corrected chi connectivity index (χ4v) is 13.7. The van der Waals surface area contributed by atoms with Gasteiger partial charge in [0.05, 0.1) is 58.0 Å². The number of aromatic nitrogens is 8. The van der Waals surface area contributed by atoms with Gasteiger partial charge in [-0.05, 0) is 112 Å². The normalized spacial score (nSPS) is 15.2. The second-order valence-corrected chi connectivity index (χ2v) is 29.4. The van der Waals surface area contributed by atoms with Crippen LogP contribution in [0.4, 0.5) is 23.3 Å². The zero-order valence-electron chi connectivity index (χ0n) is 45.6. The molecule has 444 valence electrons. The third-order valence-corrected chi connectivity index (χ3v) is 18.8. The maximum atomic E-state index is 13.6. The fourth-order valence-electron chi connectivity index (χ4n) is 10.1. The molecule has 0 unspecified atom stereocenters. The number of likely N-dealkylation sites (tertiary alicyclic amines) is 2. The van der Waals surface area contributed by atoms with Crippen molar-refractivity contribution in [1.82, 2.24) is 47.6 Å². The monoisotopic (exact) mass is 1480 g/mol. The number of nitrogen functional groups attached to an aromatic ring is 1. The summed E-state index contributed by atoms with van der Waals surface area (Å²) in [6.45, 7) is 1.98. The number of piperidine rings is 2. The predicted octanol–water partition coefficient (Wildman–Crippen LogP) is 10.9. The van der Waals surface area contributed by atoms with Crippen molar-refractivity contribution in [2.24, 2.45) is 0 Å². The molecule has 12 rings (SSSR count). The Morgan fingerprint density at radius 3 is 1.40 bits per heavy atom. The molecule has 2 amide bonds. The van der Waals surface area contributed by atoms with E-state index in [4.69, 9.17) is 33.5 Å². The van der Waals surface area contributed by atoms with Gasteiger partial charge in [0.15, 0.2) is 0 Å². The Morgan fingerprint density at radius 1 is 0.586 bits per heavy atom. The molecule has 22 nitrogen and oxygen atoms in total. The van der Waals surface area contributed by atoms with E-state index in [2.05, 4.69) is 62.4 Å². The number of nitro groups is 1. The Hall–Kier alpha value is -7.60. The Balaban J connectivity index is 0.000000185. The first-order valence-electron chi connectivity index (χ1n) is 26.7. The molecule has 29 heteroatoms. The summed E-state index contributed by atoms with van der Waals surface area (Å²) in [5, 5.41) is 19.1. The zero-order valence-corrected chi connectivity index (χ0v) is 54.7. The summed E-state index contributed by atoms with van der Waals surface area (Å²) < 4.78 is 58.1. The summed E-state index contributed by atoms with van der Waals surface area (Å²) in [7, 11) is 2.15. The maximum absolute atomic E-state index is 13.6. The molecule has 2 fully saturated rings. The molecule has 2 atom stereocenters. The van der Waals surface area contributed by atoms with E-state index in [0.29, 0.717) is 97.3 Å². The van der Waals surface area contributed by atoms with E-state index in [9.17, 15) is 36.5 Å². The van der Waals surface area contributed by atoms with Gasteiger partial charge in [0.25, 0.3) is 37.5 Å². The first-order chi connectivity index (χ1) is 41.9. The van der Waals surface area contributed by atoms with E-state index in [1.54, 1.807) is 132 Å². The molecular formula is C58H50Br2Cl2N14O8S2Sn. The number of nitrogens with two attached hydrogens (primary N) is 1. The Labute approximate surface area is 533 Å². The number of para-hydroxylation sites is 2. The predicted molar refractivity (Wildman–Crippen MR) is 341 cm³/mol. The van der Waals surface area contributed by atoms with Crippen LogP contribution in [0.1, 0.15) is 46.7 Å². The number of carbonyl (C=O) groups is 2. The van der Waals surface area contributed by atoms with Gasteiger partial charge in [0, 0.05) is 91.0 Å². The second-order valence-electron chi connectivity index (χ2n) is 19.8. The van der Waals surface area contributed by atoms with Crippen LogP contribution >= 0.6 is 49.7 Å². The molecule has 6 aromatic heterocycles. The van der Waals surface area contributed by atoms with Crippen LogP contribution in [-0.4, -0.2) is 138 Å². The van der Waals surface area contributed by atoms with Crippen molar-refractivity contribution in [3.8, 4) is 22.5 Å². The van der Waals surface area contributed by atoms with Crippen LogP contribution in [0.5, 0.6) is 0 Å². The van der Waals surface area contributed by atoms with Gasteiger partial charge in [-0.1, -0.05) is 72.8 Å². The van der Waals surface area contributed by atoms with Crippen LogP contribution in [0.15, 0.2) is 189 Å². The number of carbonyl (C=O) groups excluding carboxylic acids is 2. The number of amides is 2. The average Bonchev–Trinajstić information content (AvgIpc) is 1.76. The van der Waals surface area contributed by atoms with Gasteiger partial charge in [-0.25, -0.2) is 54.7 Å². The van der Waals surface area contributed by atoms with Crippen molar-refractivity contribution in [1.29, 1.82) is 0 Å². The second kappa shape index (κ2) is 27.6. The standard InChI is InChI=1S/C29H24BrN7O5S.C29H26BrN7O3S.2ClH.Sn/c30-24-16-32-29(33-19-7-6-14-35(17-19)28(38)25-13-12-20(15-31-25)37(39)40)34-27(24)23-18-36(26-11-5-4-10-22(23)26)43(41,42)21-8-2-1-3-9-21;30-24-16-33-29(34-20-7-6-14-36(17-20)28(38)25-13-12-19(31)15-32-25)35-27(24)23-18-37(26-11-5-4-10-22(23)26)41(39,40)21-8-2-1-3-9-21;;;/h1-5,8-13,15-16,18-19H,6-7,14,17H2,(H,32,33,34);1-5,8-13,15-16,18,20H,6-7,14,17,31H2,(H,33,34,35);2*1H;/q;;;;+2/p-2/t19-;20-;;;/m11.../s1. The van der Waals surface area contributed by atoms with Crippen LogP contribution in [0.2, 0.25) is 0 Å². The van der Waals surface area contributed by atoms with Gasteiger partial charge >= 0.3 is 36.7 Å². The van der Waals surface area contributed by atoms with Crippen molar-refractivity contribution in [3.05, 3.63) is 201 Å². The molecule has 2 radical (unpaired) electrons. The fraction of sp³-hybridized carbons (Fsp3) is 0.172. The van der Waals surface area contributed by atoms with Gasteiger partial charge in [-0.2, -0.15) is 0 Å². The molecule has 2 aliphatic heterocycles. The van der Waals surface area contributed by atoms with Crippen molar-refractivity contribution in [2.75, 3.05) is 42.5 Å². The summed E-state index contributed by atoms with van der Waals surface area (Å²) in [5.74, 6) is 0.247. The molecule has 10 aromatic rings. The summed E-state index contributed by atoms with van der Waals surface area (Å²) in [6, 6.07) is 36.8. The molecule has 0 spiro atoms. The van der Waals surface area contributed by atoms with Crippen LogP contribution in [0.25, 0.3) is 44.3 Å². The van der Waals surface area contributed by atoms with Crippen LogP contribution < -0.4 is 16.4 Å². The topological polar surface area (TPSA) is 289 Å². The van der Waals surface area contributed by atoms with Crippen LogP contribution in [-0.2, 0) is 20.0 Å². The van der Waals surface area contributed by atoms with Gasteiger partial charge in [-0.15, -0.1) is 0 Å². The van der Waals surface area contributed by atoms with Crippen LogP contribution in [0.3, 0.4) is 0 Å². The molecule has 4 N–H and O–H groups in total. The number of halogens is 4. The molecule has 0 bridgehead atoms. The number of hydrogen-bond acceptors (Lipinski definition) is 17. The Morgan fingerprint density at radius 2 is 1.00 bits per heavy atom. The van der Waals surface area contributed by atoms with Crippen molar-refractivity contribution >= 4 is 146 Å². The number of nitrogens with zero attached hydrogens (tertiary/aromatic N) is 11. The minimum atomic E-state index is -3.88. The summed E-state index contributed by atoms with van der Waals surface area (Å²) in [6.07, 6.45) is 12.1. The van der Waals surface area contributed by atoms with E-state index in [1.807, 2.05) is 24.3 Å². The van der Waals surface area contributed by atoms with Gasteiger partial charge in [0.1, 0.15) is 17.6 Å². The average molecular weight is 1480 g/mol. The zero-order chi connectivity index (χ0) is 61.4. The van der Waals surface area contributed by atoms with Gasteiger partial charge < -0.3 is 26.2 Å². The van der Waals surface area contributed by atoms with Gasteiger partial charge in [-0.3, -0.25) is 19.7 Å². The van der Waals surface area contributed by atoms with E-state index >= 15 is 0 Å². The molecule has 0 saturated carbocycles. The Bertz CT molecular complexity index is 4390. The third kappa shape index (κ3) is 14.1. The molecule has 2 aliphatic rings. The summed E-state index contributed by atoms with van der Waals surface area (Å²) in [5.41, 5.74) is 9.90. The molecule has 0 aliphatic carbocycles.